The van der Waals surface area contributed by atoms with Gasteiger partial charge in [0.05, 0.1) is 0 Å². The highest BCUT2D eigenvalue weighted by atomic mass is 15.1. The van der Waals surface area contributed by atoms with E-state index in [1.54, 1.807) is 0 Å². The molecule has 2 nitrogen and oxygen atoms in total. The summed E-state index contributed by atoms with van der Waals surface area (Å²) in [4.78, 5) is 2.72. The van der Waals surface area contributed by atoms with Crippen molar-refractivity contribution in [2.75, 3.05) is 32.7 Å². The van der Waals surface area contributed by atoms with Gasteiger partial charge in [0.25, 0.3) is 0 Å². The van der Waals surface area contributed by atoms with Crippen molar-refractivity contribution in [2.45, 2.75) is 72.1 Å². The van der Waals surface area contributed by atoms with Gasteiger partial charge in [-0.25, -0.2) is 0 Å². The van der Waals surface area contributed by atoms with Crippen LogP contribution in [0.3, 0.4) is 0 Å². The van der Waals surface area contributed by atoms with Gasteiger partial charge in [0.1, 0.15) is 0 Å². The van der Waals surface area contributed by atoms with Crippen LogP contribution >= 0.6 is 0 Å². The van der Waals surface area contributed by atoms with E-state index in [1.165, 1.54) is 84.1 Å². The monoisotopic (exact) mass is 282 g/mol. The number of unbranched alkanes of at least 4 members (excludes halogenated alkanes) is 3. The molecule has 0 aromatic rings. The fraction of sp³-hybridized carbons (Fsp3) is 1.00. The molecule has 0 aliphatic carbocycles. The summed E-state index contributed by atoms with van der Waals surface area (Å²) in [5.74, 6) is 1.86. The smallest absolute Gasteiger partial charge is 0.00160 e. The number of nitrogens with zero attached hydrogens (tertiary/aromatic N) is 1. The van der Waals surface area contributed by atoms with E-state index in [2.05, 4.69) is 31.0 Å². The van der Waals surface area contributed by atoms with Crippen molar-refractivity contribution in [1.29, 1.82) is 0 Å². The summed E-state index contributed by atoms with van der Waals surface area (Å²) < 4.78 is 0. The molecule has 20 heavy (non-hydrogen) atoms. The standard InChI is InChI=1S/C18H38N2/c1-4-12-19-13-7-5-6-8-14-20-15-9-10-18(11-16-20)17(2)3/h17-19H,4-16H2,1-3H3. The van der Waals surface area contributed by atoms with Crippen molar-refractivity contribution in [1.82, 2.24) is 10.2 Å². The molecule has 1 aliphatic heterocycles. The second-order valence-electron chi connectivity index (χ2n) is 6.94. The minimum atomic E-state index is 0.880. The zero-order valence-electron chi connectivity index (χ0n) is 14.3. The Morgan fingerprint density at radius 2 is 1.80 bits per heavy atom. The van der Waals surface area contributed by atoms with Crippen LogP contribution in [-0.4, -0.2) is 37.6 Å². The van der Waals surface area contributed by atoms with Gasteiger partial charge in [-0.2, -0.15) is 0 Å². The Labute approximate surface area is 127 Å². The van der Waals surface area contributed by atoms with E-state index in [0.29, 0.717) is 0 Å². The minimum Gasteiger partial charge on any atom is -0.317 e. The molecule has 0 spiro atoms. The first-order valence-electron chi connectivity index (χ1n) is 9.17. The van der Waals surface area contributed by atoms with Gasteiger partial charge in [-0.15, -0.1) is 0 Å². The van der Waals surface area contributed by atoms with Crippen LogP contribution in [0.25, 0.3) is 0 Å². The van der Waals surface area contributed by atoms with Crippen LogP contribution in [0.1, 0.15) is 72.1 Å². The molecule has 1 N–H and O–H groups in total. The second kappa shape index (κ2) is 11.6. The van der Waals surface area contributed by atoms with Crippen LogP contribution in [0.2, 0.25) is 0 Å². The topological polar surface area (TPSA) is 15.3 Å². The zero-order valence-corrected chi connectivity index (χ0v) is 14.3. The van der Waals surface area contributed by atoms with Crippen LogP contribution in [0, 0.1) is 11.8 Å². The fourth-order valence-corrected chi connectivity index (χ4v) is 3.31. The SMILES string of the molecule is CCCNCCCCCCN1CCCC(C(C)C)CC1. The average molecular weight is 283 g/mol. The molecule has 1 aliphatic rings. The van der Waals surface area contributed by atoms with Crippen LogP contribution in [0.4, 0.5) is 0 Å². The van der Waals surface area contributed by atoms with E-state index in [-0.39, 0.29) is 0 Å². The predicted octanol–water partition coefficient (Wildman–Crippen LogP) is 4.30. The van der Waals surface area contributed by atoms with Crippen LogP contribution in [0.15, 0.2) is 0 Å². The third kappa shape index (κ3) is 8.26. The highest BCUT2D eigenvalue weighted by Crippen LogP contribution is 2.24. The Balaban J connectivity index is 1.96. The number of likely N-dealkylation sites (tertiary alicyclic amines) is 1. The van der Waals surface area contributed by atoms with Crippen LogP contribution < -0.4 is 5.32 Å². The lowest BCUT2D eigenvalue weighted by atomic mass is 9.89. The van der Waals surface area contributed by atoms with Crippen LogP contribution in [-0.2, 0) is 0 Å². The van der Waals surface area contributed by atoms with Gasteiger partial charge in [-0.1, -0.05) is 33.6 Å². The summed E-state index contributed by atoms with van der Waals surface area (Å²) in [5.41, 5.74) is 0. The molecular formula is C18H38N2. The van der Waals surface area contributed by atoms with Gasteiger partial charge in [0.2, 0.25) is 0 Å². The fourth-order valence-electron chi connectivity index (χ4n) is 3.31. The van der Waals surface area contributed by atoms with E-state index in [9.17, 15) is 0 Å². The van der Waals surface area contributed by atoms with E-state index in [1.807, 2.05) is 0 Å². The Morgan fingerprint density at radius 3 is 2.55 bits per heavy atom. The van der Waals surface area contributed by atoms with Crippen molar-refractivity contribution >= 4 is 0 Å². The van der Waals surface area contributed by atoms with Crippen LogP contribution in [0.5, 0.6) is 0 Å². The molecular weight excluding hydrogens is 244 g/mol. The first kappa shape index (κ1) is 18.0. The average Bonchev–Trinajstić information content (AvgIpc) is 2.67. The molecule has 1 unspecified atom stereocenters. The Kier molecular flexibility index (Phi) is 10.4. The number of nitrogens with one attached hydrogen (secondary N) is 1. The molecule has 0 amide bonds. The molecule has 2 heteroatoms. The van der Waals surface area contributed by atoms with E-state index < -0.39 is 0 Å². The molecule has 1 heterocycles. The minimum absolute atomic E-state index is 0.880. The predicted molar refractivity (Wildman–Crippen MR) is 90.2 cm³/mol. The third-order valence-electron chi connectivity index (χ3n) is 4.81. The maximum atomic E-state index is 3.49. The van der Waals surface area contributed by atoms with Gasteiger partial charge >= 0.3 is 0 Å². The summed E-state index contributed by atoms with van der Waals surface area (Å²) >= 11 is 0. The number of hydrogen-bond acceptors (Lipinski definition) is 2. The molecule has 1 fully saturated rings. The van der Waals surface area contributed by atoms with Gasteiger partial charge in [-0.3, -0.25) is 0 Å². The second-order valence-corrected chi connectivity index (χ2v) is 6.94. The first-order valence-corrected chi connectivity index (χ1v) is 9.17. The molecule has 0 bridgehead atoms. The van der Waals surface area contributed by atoms with Gasteiger partial charge in [-0.05, 0) is 83.1 Å². The molecule has 0 radical (unpaired) electrons. The zero-order chi connectivity index (χ0) is 14.6. The Bertz CT molecular complexity index is 215. The normalized spacial score (nSPS) is 21.3. The van der Waals surface area contributed by atoms with E-state index >= 15 is 0 Å². The van der Waals surface area contributed by atoms with Crippen molar-refractivity contribution in [2.24, 2.45) is 11.8 Å². The van der Waals surface area contributed by atoms with Gasteiger partial charge < -0.3 is 10.2 Å². The summed E-state index contributed by atoms with van der Waals surface area (Å²) in [6, 6.07) is 0. The molecule has 1 atom stereocenters. The van der Waals surface area contributed by atoms with Crippen molar-refractivity contribution in [3.8, 4) is 0 Å². The van der Waals surface area contributed by atoms with Crippen molar-refractivity contribution in [3.05, 3.63) is 0 Å². The molecule has 1 saturated heterocycles. The summed E-state index contributed by atoms with van der Waals surface area (Å²) in [6.45, 7) is 13.5. The number of rotatable bonds is 10. The maximum Gasteiger partial charge on any atom is -0.00160 e. The third-order valence-corrected chi connectivity index (χ3v) is 4.81. The molecule has 0 saturated carbocycles. The molecule has 0 aromatic heterocycles. The Hall–Kier alpha value is -0.0800. The molecule has 0 aromatic carbocycles. The maximum absolute atomic E-state index is 3.49. The lowest BCUT2D eigenvalue weighted by molar-refractivity contribution is 0.266. The Morgan fingerprint density at radius 1 is 1.00 bits per heavy atom. The van der Waals surface area contributed by atoms with Gasteiger partial charge in [0.15, 0.2) is 0 Å². The highest BCUT2D eigenvalue weighted by Gasteiger charge is 2.18. The first-order chi connectivity index (χ1) is 9.74. The highest BCUT2D eigenvalue weighted by molar-refractivity contribution is 4.72. The lowest BCUT2D eigenvalue weighted by Gasteiger charge is -2.21. The summed E-state index contributed by atoms with van der Waals surface area (Å²) in [5, 5.41) is 3.49. The van der Waals surface area contributed by atoms with Crippen molar-refractivity contribution < 1.29 is 0 Å². The quantitative estimate of drug-likeness (QED) is 0.601. The van der Waals surface area contributed by atoms with E-state index in [4.69, 9.17) is 0 Å². The number of hydrogen-bond donors (Lipinski definition) is 1. The molecule has 120 valence electrons. The van der Waals surface area contributed by atoms with E-state index in [0.717, 1.165) is 11.8 Å². The lowest BCUT2D eigenvalue weighted by Crippen LogP contribution is -2.26. The van der Waals surface area contributed by atoms with Gasteiger partial charge in [0, 0.05) is 0 Å². The largest absolute Gasteiger partial charge is 0.317 e. The summed E-state index contributed by atoms with van der Waals surface area (Å²) in [7, 11) is 0. The molecule has 1 rings (SSSR count). The summed E-state index contributed by atoms with van der Waals surface area (Å²) in [6.07, 6.45) is 11.1. The van der Waals surface area contributed by atoms with Crippen molar-refractivity contribution in [3.63, 3.8) is 0 Å².